The number of carbonyl (C=O) groups excluding carboxylic acids is 3. The molecular formula is C21H21ClN2O3. The fourth-order valence-corrected chi connectivity index (χ4v) is 3.34. The first kappa shape index (κ1) is 19.1. The number of anilines is 1. The second-order valence-corrected chi connectivity index (χ2v) is 7.04. The summed E-state index contributed by atoms with van der Waals surface area (Å²) in [7, 11) is 0. The zero-order chi connectivity index (χ0) is 19.6. The average molecular weight is 385 g/mol. The quantitative estimate of drug-likeness (QED) is 0.748. The smallest absolute Gasteiger partial charge is 0.262 e. The van der Waals surface area contributed by atoms with Crippen LogP contribution in [0.15, 0.2) is 42.5 Å². The molecule has 0 spiro atoms. The van der Waals surface area contributed by atoms with E-state index in [1.165, 1.54) is 0 Å². The minimum Gasteiger partial charge on any atom is -0.324 e. The molecule has 0 aromatic heterocycles. The molecule has 3 amide bonds. The van der Waals surface area contributed by atoms with Crippen LogP contribution in [-0.4, -0.2) is 28.7 Å². The van der Waals surface area contributed by atoms with Gasteiger partial charge in [-0.2, -0.15) is 0 Å². The largest absolute Gasteiger partial charge is 0.324 e. The number of rotatable bonds is 6. The summed E-state index contributed by atoms with van der Waals surface area (Å²) in [5.41, 5.74) is 2.12. The Hall–Kier alpha value is -2.66. The number of nitrogens with one attached hydrogen (secondary N) is 1. The summed E-state index contributed by atoms with van der Waals surface area (Å²) in [6, 6.07) is 11.0. The summed E-state index contributed by atoms with van der Waals surface area (Å²) in [6.07, 6.45) is 1.98. The first-order chi connectivity index (χ1) is 12.9. The average Bonchev–Trinajstić information content (AvgIpc) is 2.90. The van der Waals surface area contributed by atoms with Crippen LogP contribution in [0.5, 0.6) is 0 Å². The molecule has 3 rings (SSSR count). The van der Waals surface area contributed by atoms with E-state index >= 15 is 0 Å². The molecule has 2 aromatic rings. The predicted octanol–water partition coefficient (Wildman–Crippen LogP) is 4.44. The summed E-state index contributed by atoms with van der Waals surface area (Å²) in [5, 5.41) is 3.33. The van der Waals surface area contributed by atoms with Crippen molar-refractivity contribution < 1.29 is 14.4 Å². The lowest BCUT2D eigenvalue weighted by Crippen LogP contribution is -2.47. The van der Waals surface area contributed by atoms with Crippen molar-refractivity contribution in [2.24, 2.45) is 0 Å². The van der Waals surface area contributed by atoms with Gasteiger partial charge in [-0.3, -0.25) is 19.3 Å². The van der Waals surface area contributed by atoms with Gasteiger partial charge in [0, 0.05) is 10.7 Å². The van der Waals surface area contributed by atoms with E-state index in [9.17, 15) is 14.4 Å². The van der Waals surface area contributed by atoms with Gasteiger partial charge in [-0.1, -0.05) is 49.6 Å². The summed E-state index contributed by atoms with van der Waals surface area (Å²) >= 11 is 6.12. The number of carbonyl (C=O) groups is 3. The number of imide groups is 1. The van der Waals surface area contributed by atoms with Crippen LogP contribution in [0.3, 0.4) is 0 Å². The Balaban J connectivity index is 1.87. The van der Waals surface area contributed by atoms with Crippen LogP contribution in [0.2, 0.25) is 5.02 Å². The van der Waals surface area contributed by atoms with E-state index < -0.39 is 23.8 Å². The Morgan fingerprint density at radius 2 is 1.74 bits per heavy atom. The van der Waals surface area contributed by atoms with Crippen LogP contribution in [-0.2, 0) is 4.79 Å². The van der Waals surface area contributed by atoms with Crippen molar-refractivity contribution in [3.8, 4) is 0 Å². The van der Waals surface area contributed by atoms with Gasteiger partial charge < -0.3 is 5.32 Å². The molecule has 140 valence electrons. The van der Waals surface area contributed by atoms with Crippen molar-refractivity contribution in [1.82, 2.24) is 4.90 Å². The van der Waals surface area contributed by atoms with Crippen LogP contribution in [0.1, 0.15) is 52.5 Å². The number of halogens is 1. The highest BCUT2D eigenvalue weighted by atomic mass is 35.5. The summed E-state index contributed by atoms with van der Waals surface area (Å²) in [6.45, 7) is 3.87. The van der Waals surface area contributed by atoms with Crippen molar-refractivity contribution in [2.75, 3.05) is 5.32 Å². The van der Waals surface area contributed by atoms with Crippen molar-refractivity contribution in [3.05, 3.63) is 64.2 Å². The zero-order valence-corrected chi connectivity index (χ0v) is 16.0. The number of benzene rings is 2. The lowest BCUT2D eigenvalue weighted by molar-refractivity contribution is -0.120. The number of fused-ring (bicyclic) bond motifs is 1. The Kier molecular flexibility index (Phi) is 5.61. The van der Waals surface area contributed by atoms with Crippen molar-refractivity contribution >= 4 is 35.0 Å². The number of amides is 3. The van der Waals surface area contributed by atoms with Crippen LogP contribution in [0.4, 0.5) is 5.69 Å². The normalized spacial score (nSPS) is 14.3. The van der Waals surface area contributed by atoms with Crippen molar-refractivity contribution in [3.63, 3.8) is 0 Å². The molecule has 0 bridgehead atoms. The second-order valence-electron chi connectivity index (χ2n) is 6.64. The summed E-state index contributed by atoms with van der Waals surface area (Å²) < 4.78 is 0. The minimum atomic E-state index is -0.863. The molecule has 0 saturated carbocycles. The van der Waals surface area contributed by atoms with E-state index in [0.29, 0.717) is 28.3 Å². The molecular weight excluding hydrogens is 364 g/mol. The molecule has 0 saturated heterocycles. The summed E-state index contributed by atoms with van der Waals surface area (Å²) in [4.78, 5) is 39.6. The highest BCUT2D eigenvalue weighted by Gasteiger charge is 2.42. The van der Waals surface area contributed by atoms with E-state index in [4.69, 9.17) is 11.6 Å². The molecule has 0 aliphatic carbocycles. The molecule has 0 unspecified atom stereocenters. The lowest BCUT2D eigenvalue weighted by Gasteiger charge is -2.25. The Bertz CT molecular complexity index is 875. The molecule has 5 nitrogen and oxygen atoms in total. The van der Waals surface area contributed by atoms with E-state index in [-0.39, 0.29) is 0 Å². The lowest BCUT2D eigenvalue weighted by atomic mass is 10.1. The van der Waals surface area contributed by atoms with Gasteiger partial charge in [-0.25, -0.2) is 0 Å². The monoisotopic (exact) mass is 384 g/mol. The molecule has 0 radical (unpaired) electrons. The molecule has 1 aliphatic rings. The SMILES string of the molecule is CCCC[C@@H](C(=O)Nc1ccc(C)c(Cl)c1)N1C(=O)c2ccccc2C1=O. The fourth-order valence-electron chi connectivity index (χ4n) is 3.16. The number of hydrogen-bond acceptors (Lipinski definition) is 3. The molecule has 1 heterocycles. The third-order valence-corrected chi connectivity index (χ3v) is 5.12. The van der Waals surface area contributed by atoms with Gasteiger partial charge in [0.2, 0.25) is 5.91 Å². The number of nitrogens with zero attached hydrogens (tertiary/aromatic N) is 1. The van der Waals surface area contributed by atoms with Gasteiger partial charge in [0.15, 0.2) is 0 Å². The Morgan fingerprint density at radius 1 is 1.11 bits per heavy atom. The van der Waals surface area contributed by atoms with Gasteiger partial charge >= 0.3 is 0 Å². The topological polar surface area (TPSA) is 66.5 Å². The Labute approximate surface area is 163 Å². The Morgan fingerprint density at radius 3 is 2.30 bits per heavy atom. The second kappa shape index (κ2) is 7.92. The maximum absolute atomic E-state index is 12.9. The first-order valence-electron chi connectivity index (χ1n) is 8.98. The molecule has 2 aromatic carbocycles. The van der Waals surface area contributed by atoms with Gasteiger partial charge in [0.1, 0.15) is 6.04 Å². The molecule has 0 fully saturated rings. The highest BCUT2D eigenvalue weighted by Crippen LogP contribution is 2.27. The van der Waals surface area contributed by atoms with E-state index in [2.05, 4.69) is 5.32 Å². The van der Waals surface area contributed by atoms with Gasteiger partial charge in [0.25, 0.3) is 11.8 Å². The number of hydrogen-bond donors (Lipinski definition) is 1. The molecule has 1 N–H and O–H groups in total. The van der Waals surface area contributed by atoms with Gasteiger partial charge in [-0.15, -0.1) is 0 Å². The predicted molar refractivity (Wildman–Crippen MR) is 105 cm³/mol. The molecule has 27 heavy (non-hydrogen) atoms. The van der Waals surface area contributed by atoms with Crippen LogP contribution >= 0.6 is 11.6 Å². The van der Waals surface area contributed by atoms with Gasteiger partial charge in [-0.05, 0) is 43.2 Å². The van der Waals surface area contributed by atoms with Crippen LogP contribution in [0.25, 0.3) is 0 Å². The van der Waals surface area contributed by atoms with Crippen molar-refractivity contribution in [2.45, 2.75) is 39.2 Å². The van der Waals surface area contributed by atoms with E-state index in [0.717, 1.165) is 23.3 Å². The number of aryl methyl sites for hydroxylation is 1. The minimum absolute atomic E-state index is 0.343. The molecule has 1 aliphatic heterocycles. The number of unbranched alkanes of at least 4 members (excludes halogenated alkanes) is 1. The van der Waals surface area contributed by atoms with Gasteiger partial charge in [0.05, 0.1) is 11.1 Å². The highest BCUT2D eigenvalue weighted by molar-refractivity contribution is 6.31. The van der Waals surface area contributed by atoms with E-state index in [1.807, 2.05) is 13.8 Å². The third-order valence-electron chi connectivity index (χ3n) is 4.71. The molecule has 1 atom stereocenters. The standard InChI is InChI=1S/C21H21ClN2O3/c1-3-4-9-18(19(25)23-14-11-10-13(2)17(22)12-14)24-20(26)15-7-5-6-8-16(15)21(24)27/h5-8,10-12,18H,3-4,9H2,1-2H3,(H,23,25)/t18-/m0/s1. The zero-order valence-electron chi connectivity index (χ0n) is 15.3. The maximum Gasteiger partial charge on any atom is 0.262 e. The van der Waals surface area contributed by atoms with E-state index in [1.54, 1.807) is 42.5 Å². The van der Waals surface area contributed by atoms with Crippen LogP contribution in [0, 0.1) is 6.92 Å². The first-order valence-corrected chi connectivity index (χ1v) is 9.35. The third kappa shape index (κ3) is 3.74. The fraction of sp³-hybridized carbons (Fsp3) is 0.286. The van der Waals surface area contributed by atoms with Crippen LogP contribution < -0.4 is 5.32 Å². The summed E-state index contributed by atoms with van der Waals surface area (Å²) in [5.74, 6) is -1.24. The maximum atomic E-state index is 12.9. The van der Waals surface area contributed by atoms with Crippen molar-refractivity contribution in [1.29, 1.82) is 0 Å². The molecule has 6 heteroatoms.